The smallest absolute Gasteiger partial charge is 0.341 e. The van der Waals surface area contributed by atoms with E-state index >= 15 is 0 Å². The second kappa shape index (κ2) is 6.07. The zero-order valence-corrected chi connectivity index (χ0v) is 13.1. The topological polar surface area (TPSA) is 55.8 Å². The summed E-state index contributed by atoms with van der Waals surface area (Å²) in [6.45, 7) is 0.661. The number of benzene rings is 1. The number of hydrogen-bond donors (Lipinski definition) is 1. The lowest BCUT2D eigenvalue weighted by Crippen LogP contribution is -2.44. The van der Waals surface area contributed by atoms with E-state index in [9.17, 15) is 9.90 Å². The van der Waals surface area contributed by atoms with E-state index in [1.807, 2.05) is 11.8 Å². The number of carboxylic acids is 1. The van der Waals surface area contributed by atoms with Crippen LogP contribution in [-0.4, -0.2) is 40.9 Å². The molecule has 0 amide bonds. The fourth-order valence-electron chi connectivity index (χ4n) is 2.94. The van der Waals surface area contributed by atoms with Crippen LogP contribution in [0.3, 0.4) is 0 Å². The largest absolute Gasteiger partial charge is 0.489 e. The molecule has 1 spiro atoms. The lowest BCUT2D eigenvalue weighted by atomic mass is 9.91. The van der Waals surface area contributed by atoms with E-state index in [0.717, 1.165) is 30.8 Å². The van der Waals surface area contributed by atoms with Crippen molar-refractivity contribution in [2.45, 2.75) is 31.0 Å². The number of halogens is 1. The summed E-state index contributed by atoms with van der Waals surface area (Å²) >= 11 is 7.88. The van der Waals surface area contributed by atoms with Gasteiger partial charge in [0.1, 0.15) is 17.4 Å². The van der Waals surface area contributed by atoms with Gasteiger partial charge in [0.15, 0.2) is 0 Å². The Morgan fingerprint density at radius 1 is 1.52 bits per heavy atom. The fraction of sp³-hybridized carbons (Fsp3) is 0.533. The molecule has 6 heteroatoms. The Labute approximate surface area is 132 Å². The first-order valence-corrected chi connectivity index (χ1v) is 8.53. The summed E-state index contributed by atoms with van der Waals surface area (Å²) in [5.74, 6) is 1.40. The molecule has 2 unspecified atom stereocenters. The summed E-state index contributed by atoms with van der Waals surface area (Å²) in [6, 6.07) is 4.95. The highest BCUT2D eigenvalue weighted by molar-refractivity contribution is 7.99. The minimum absolute atomic E-state index is 0.0194. The molecule has 2 fully saturated rings. The van der Waals surface area contributed by atoms with Gasteiger partial charge in [-0.25, -0.2) is 4.79 Å². The molecule has 114 valence electrons. The summed E-state index contributed by atoms with van der Waals surface area (Å²) in [5.41, 5.74) is -0.0456. The molecule has 0 aromatic heterocycles. The Hall–Kier alpha value is -0.910. The van der Waals surface area contributed by atoms with Crippen molar-refractivity contribution in [2.75, 3.05) is 18.1 Å². The third kappa shape index (κ3) is 3.15. The number of carboxylic acid groups (broad SMARTS) is 1. The molecule has 0 aliphatic carbocycles. The summed E-state index contributed by atoms with van der Waals surface area (Å²) in [6.07, 6.45) is 2.61. The van der Waals surface area contributed by atoms with Crippen LogP contribution in [0, 0.1) is 0 Å². The molecule has 1 aromatic rings. The molecule has 0 bridgehead atoms. The Morgan fingerprint density at radius 3 is 3.10 bits per heavy atom. The van der Waals surface area contributed by atoms with Crippen molar-refractivity contribution in [1.29, 1.82) is 0 Å². The van der Waals surface area contributed by atoms with E-state index in [0.29, 0.717) is 12.4 Å². The van der Waals surface area contributed by atoms with E-state index in [4.69, 9.17) is 21.1 Å². The highest BCUT2D eigenvalue weighted by Gasteiger charge is 2.41. The van der Waals surface area contributed by atoms with Crippen LogP contribution in [0.4, 0.5) is 0 Å². The first-order valence-electron chi connectivity index (χ1n) is 7.00. The molecule has 2 aliphatic heterocycles. The molecule has 0 saturated carbocycles. The third-order valence-corrected chi connectivity index (χ3v) is 5.54. The van der Waals surface area contributed by atoms with Crippen LogP contribution >= 0.6 is 23.4 Å². The normalized spacial score (nSPS) is 28.7. The predicted octanol–water partition coefficient (Wildman–Crippen LogP) is 3.47. The van der Waals surface area contributed by atoms with Crippen molar-refractivity contribution in [3.05, 3.63) is 28.8 Å². The average Bonchev–Trinajstić information content (AvgIpc) is 2.86. The number of rotatable bonds is 3. The summed E-state index contributed by atoms with van der Waals surface area (Å²) < 4.78 is 11.9. The number of ether oxygens (including phenoxy) is 2. The predicted molar refractivity (Wildman–Crippen MR) is 82.7 cm³/mol. The molecule has 3 rings (SSSR count). The summed E-state index contributed by atoms with van der Waals surface area (Å²) in [4.78, 5) is 11.3. The van der Waals surface area contributed by atoms with Crippen LogP contribution in [0.15, 0.2) is 18.2 Å². The van der Waals surface area contributed by atoms with Crippen molar-refractivity contribution in [3.63, 3.8) is 0 Å². The molecular formula is C15H17ClO4S. The molecule has 1 N–H and O–H groups in total. The van der Waals surface area contributed by atoms with Crippen LogP contribution in [0.2, 0.25) is 5.02 Å². The van der Waals surface area contributed by atoms with E-state index in [1.54, 1.807) is 18.2 Å². The molecule has 21 heavy (non-hydrogen) atoms. The van der Waals surface area contributed by atoms with Crippen LogP contribution in [-0.2, 0) is 4.74 Å². The Bertz CT molecular complexity index is 542. The van der Waals surface area contributed by atoms with Crippen molar-refractivity contribution in [1.82, 2.24) is 0 Å². The van der Waals surface area contributed by atoms with Gasteiger partial charge in [-0.2, -0.15) is 11.8 Å². The van der Waals surface area contributed by atoms with Gasteiger partial charge in [-0.3, -0.25) is 0 Å². The fourth-order valence-corrected chi connectivity index (χ4v) is 4.56. The zero-order chi connectivity index (χ0) is 14.9. The summed E-state index contributed by atoms with van der Waals surface area (Å²) in [5, 5.41) is 9.50. The molecule has 2 heterocycles. The molecule has 1 aromatic carbocycles. The minimum Gasteiger partial charge on any atom is -0.489 e. The molecule has 4 nitrogen and oxygen atoms in total. The molecular weight excluding hydrogens is 312 g/mol. The van der Waals surface area contributed by atoms with E-state index < -0.39 is 5.97 Å². The van der Waals surface area contributed by atoms with Gasteiger partial charge in [-0.05, 0) is 24.3 Å². The lowest BCUT2D eigenvalue weighted by molar-refractivity contribution is -0.0959. The van der Waals surface area contributed by atoms with Crippen molar-refractivity contribution in [3.8, 4) is 5.75 Å². The van der Waals surface area contributed by atoms with Gasteiger partial charge >= 0.3 is 5.97 Å². The number of aromatic carboxylic acids is 1. The molecule has 0 radical (unpaired) electrons. The van der Waals surface area contributed by atoms with Gasteiger partial charge in [0, 0.05) is 18.6 Å². The van der Waals surface area contributed by atoms with E-state index in [2.05, 4.69) is 0 Å². The maximum absolute atomic E-state index is 11.3. The van der Waals surface area contributed by atoms with E-state index in [1.165, 1.54) is 0 Å². The minimum atomic E-state index is -1.06. The molecule has 2 aliphatic rings. The zero-order valence-electron chi connectivity index (χ0n) is 11.5. The standard InChI is InChI=1S/C15H17ClO4S/c16-11-2-1-3-12(13(11)14(17)18)20-10-4-6-19-15(8-10)5-7-21-9-15/h1-3,10H,4-9H2,(H,17,18). The monoisotopic (exact) mass is 328 g/mol. The summed E-state index contributed by atoms with van der Waals surface area (Å²) in [7, 11) is 0. The quantitative estimate of drug-likeness (QED) is 0.920. The highest BCUT2D eigenvalue weighted by atomic mass is 35.5. The van der Waals surface area contributed by atoms with Crippen LogP contribution < -0.4 is 4.74 Å². The molecule has 2 atom stereocenters. The maximum Gasteiger partial charge on any atom is 0.341 e. The van der Waals surface area contributed by atoms with Crippen LogP contribution in [0.25, 0.3) is 0 Å². The lowest BCUT2D eigenvalue weighted by Gasteiger charge is -2.37. The van der Waals surface area contributed by atoms with Crippen LogP contribution in [0.5, 0.6) is 5.75 Å². The van der Waals surface area contributed by atoms with Gasteiger partial charge in [-0.1, -0.05) is 17.7 Å². The first kappa shape index (κ1) is 15.0. The van der Waals surface area contributed by atoms with Gasteiger partial charge in [0.05, 0.1) is 17.2 Å². The highest BCUT2D eigenvalue weighted by Crippen LogP contribution is 2.40. The van der Waals surface area contributed by atoms with Crippen molar-refractivity contribution >= 4 is 29.3 Å². The van der Waals surface area contributed by atoms with Gasteiger partial charge < -0.3 is 14.6 Å². The third-order valence-electron chi connectivity index (χ3n) is 4.00. The van der Waals surface area contributed by atoms with Gasteiger partial charge in [0.25, 0.3) is 0 Å². The van der Waals surface area contributed by atoms with Crippen molar-refractivity contribution < 1.29 is 19.4 Å². The Morgan fingerprint density at radius 2 is 2.38 bits per heavy atom. The van der Waals surface area contributed by atoms with E-state index in [-0.39, 0.29) is 22.3 Å². The maximum atomic E-state index is 11.3. The first-order chi connectivity index (χ1) is 10.1. The second-order valence-electron chi connectivity index (χ2n) is 5.48. The van der Waals surface area contributed by atoms with Crippen LogP contribution in [0.1, 0.15) is 29.6 Å². The number of carbonyl (C=O) groups is 1. The van der Waals surface area contributed by atoms with Gasteiger partial charge in [0.2, 0.25) is 0 Å². The van der Waals surface area contributed by atoms with Crippen molar-refractivity contribution in [2.24, 2.45) is 0 Å². The van der Waals surface area contributed by atoms with Gasteiger partial charge in [-0.15, -0.1) is 0 Å². The Kier molecular flexibility index (Phi) is 4.33. The number of hydrogen-bond acceptors (Lipinski definition) is 4. The Balaban J connectivity index is 1.77. The number of thioether (sulfide) groups is 1. The average molecular weight is 329 g/mol. The second-order valence-corrected chi connectivity index (χ2v) is 7.00. The SMILES string of the molecule is O=C(O)c1c(Cl)cccc1OC1CCOC2(CCSC2)C1. The molecule has 2 saturated heterocycles.